The van der Waals surface area contributed by atoms with Gasteiger partial charge in [0.05, 0.1) is 29.0 Å². The van der Waals surface area contributed by atoms with Crippen LogP contribution in [0.4, 0.5) is 0 Å². The number of rotatable bonds is 8. The highest BCUT2D eigenvalue weighted by atomic mass is 79.9. The van der Waals surface area contributed by atoms with E-state index in [2.05, 4.69) is 21.0 Å². The van der Waals surface area contributed by atoms with Crippen molar-refractivity contribution in [3.05, 3.63) is 16.4 Å². The minimum atomic E-state index is -3.14. The van der Waals surface area contributed by atoms with Gasteiger partial charge in [0.15, 0.2) is 5.78 Å². The second kappa shape index (κ2) is 7.48. The fourth-order valence-corrected chi connectivity index (χ4v) is 2.89. The highest BCUT2D eigenvalue weighted by molar-refractivity contribution is 9.10. The van der Waals surface area contributed by atoms with E-state index in [1.165, 1.54) is 0 Å². The Morgan fingerprint density at radius 2 is 2.14 bits per heavy atom. The molecule has 1 aromatic heterocycles. The Balaban J connectivity index is 2.83. The Kier molecular flexibility index (Phi) is 6.51. The van der Waals surface area contributed by atoms with E-state index in [9.17, 15) is 13.2 Å². The number of likely N-dealkylation sites (N-methyl/N-ethyl adjacent to an activating group) is 1. The lowest BCUT2D eigenvalue weighted by molar-refractivity contribution is 0.0947. The first-order valence-electron chi connectivity index (χ1n) is 6.45. The number of nitrogens with two attached hydrogens (primary N) is 1. The molecule has 1 rings (SSSR count). The van der Waals surface area contributed by atoms with E-state index >= 15 is 0 Å². The van der Waals surface area contributed by atoms with Crippen LogP contribution in [0.5, 0.6) is 0 Å². The predicted molar refractivity (Wildman–Crippen MR) is 85.1 cm³/mol. The molecule has 120 valence electrons. The molecular formula is C12H21BrN4O3S. The lowest BCUT2D eigenvalue weighted by Gasteiger charge is -2.14. The summed E-state index contributed by atoms with van der Waals surface area (Å²) < 4.78 is 24.5. The van der Waals surface area contributed by atoms with E-state index < -0.39 is 15.9 Å². The number of sulfone groups is 1. The Morgan fingerprint density at radius 1 is 1.52 bits per heavy atom. The molecule has 7 nitrogen and oxygen atoms in total. The number of aromatic nitrogens is 2. The summed E-state index contributed by atoms with van der Waals surface area (Å²) in [6, 6.07) is -0.856. The lowest BCUT2D eigenvalue weighted by atomic mass is 10.1. The molecule has 0 amide bonds. The second-order valence-corrected chi connectivity index (χ2v) is 8.37. The van der Waals surface area contributed by atoms with Crippen molar-refractivity contribution in [3.63, 3.8) is 0 Å². The number of hydrogen-bond donors (Lipinski definition) is 1. The van der Waals surface area contributed by atoms with Crippen molar-refractivity contribution in [2.75, 3.05) is 32.6 Å². The van der Waals surface area contributed by atoms with Gasteiger partial charge in [-0.15, -0.1) is 0 Å². The van der Waals surface area contributed by atoms with Crippen molar-refractivity contribution >= 4 is 31.6 Å². The van der Waals surface area contributed by atoms with E-state index in [-0.39, 0.29) is 18.0 Å². The van der Waals surface area contributed by atoms with Crippen LogP contribution in [0.1, 0.15) is 16.9 Å². The topological polar surface area (TPSA) is 98.3 Å². The van der Waals surface area contributed by atoms with Crippen molar-refractivity contribution < 1.29 is 13.2 Å². The third kappa shape index (κ3) is 5.85. The van der Waals surface area contributed by atoms with E-state index in [1.807, 2.05) is 19.0 Å². The van der Waals surface area contributed by atoms with Crippen LogP contribution in [0.2, 0.25) is 0 Å². The summed E-state index contributed by atoms with van der Waals surface area (Å²) in [7, 11) is 0.721. The maximum atomic E-state index is 12.4. The molecule has 1 aromatic rings. The Hall–Kier alpha value is -0.770. The highest BCUT2D eigenvalue weighted by Gasteiger charge is 2.24. The zero-order valence-electron chi connectivity index (χ0n) is 12.4. The van der Waals surface area contributed by atoms with Gasteiger partial charge in [-0.2, -0.15) is 5.10 Å². The van der Waals surface area contributed by atoms with Gasteiger partial charge < -0.3 is 10.6 Å². The zero-order valence-corrected chi connectivity index (χ0v) is 14.8. The third-order valence-corrected chi connectivity index (χ3v) is 4.48. The van der Waals surface area contributed by atoms with Crippen LogP contribution in [-0.2, 0) is 16.4 Å². The number of Topliss-reactive ketones (excluding diaryl/α,β-unsaturated/α-hetero) is 1. The van der Waals surface area contributed by atoms with Crippen molar-refractivity contribution in [1.29, 1.82) is 0 Å². The summed E-state index contributed by atoms with van der Waals surface area (Å²) in [5.74, 6) is -0.412. The summed E-state index contributed by atoms with van der Waals surface area (Å²) in [6.45, 7) is 1.28. The van der Waals surface area contributed by atoms with E-state index in [1.54, 1.807) is 10.9 Å². The van der Waals surface area contributed by atoms with Crippen molar-refractivity contribution in [2.24, 2.45) is 5.73 Å². The maximum absolute atomic E-state index is 12.4. The molecule has 0 bridgehead atoms. The average molecular weight is 381 g/mol. The van der Waals surface area contributed by atoms with Crippen LogP contribution in [0.15, 0.2) is 10.7 Å². The quantitative estimate of drug-likeness (QED) is 0.644. The SMILES string of the molecule is CN(C)CCn1ncc(Br)c1C(=O)C(N)CCS(C)(=O)=O. The molecule has 0 aromatic carbocycles. The maximum Gasteiger partial charge on any atom is 0.198 e. The highest BCUT2D eigenvalue weighted by Crippen LogP contribution is 2.18. The van der Waals surface area contributed by atoms with Gasteiger partial charge in [-0.3, -0.25) is 9.48 Å². The van der Waals surface area contributed by atoms with Crippen LogP contribution in [0.3, 0.4) is 0 Å². The Labute approximate surface area is 133 Å². The number of hydrogen-bond acceptors (Lipinski definition) is 6. The normalized spacial score (nSPS) is 13.6. The van der Waals surface area contributed by atoms with Gasteiger partial charge in [0, 0.05) is 12.8 Å². The molecule has 0 radical (unpaired) electrons. The third-order valence-electron chi connectivity index (χ3n) is 2.92. The first-order chi connectivity index (χ1) is 9.61. The molecule has 1 unspecified atom stereocenters. The van der Waals surface area contributed by atoms with Gasteiger partial charge in [0.2, 0.25) is 0 Å². The molecule has 2 N–H and O–H groups in total. The Bertz CT molecular complexity index is 598. The van der Waals surface area contributed by atoms with Gasteiger partial charge in [0.1, 0.15) is 15.5 Å². The van der Waals surface area contributed by atoms with E-state index in [0.29, 0.717) is 16.7 Å². The smallest absolute Gasteiger partial charge is 0.198 e. The summed E-state index contributed by atoms with van der Waals surface area (Å²) >= 11 is 3.29. The fraction of sp³-hybridized carbons (Fsp3) is 0.667. The number of halogens is 1. The first kappa shape index (κ1) is 18.3. The summed E-state index contributed by atoms with van der Waals surface area (Å²) in [5.41, 5.74) is 6.21. The van der Waals surface area contributed by atoms with Gasteiger partial charge in [-0.1, -0.05) is 0 Å². The van der Waals surface area contributed by atoms with Crippen LogP contribution in [0.25, 0.3) is 0 Å². The predicted octanol–water partition coefficient (Wildman–Crippen LogP) is 0.152. The molecule has 9 heteroatoms. The monoisotopic (exact) mass is 380 g/mol. The van der Waals surface area contributed by atoms with Crippen molar-refractivity contribution in [2.45, 2.75) is 19.0 Å². The molecular weight excluding hydrogens is 360 g/mol. The standard InChI is InChI=1S/C12H21BrN4O3S/c1-16(2)5-6-17-11(9(13)8-15-17)12(18)10(14)4-7-21(3,19)20/h8,10H,4-7,14H2,1-3H3. The second-order valence-electron chi connectivity index (χ2n) is 5.26. The molecule has 0 fully saturated rings. The minimum absolute atomic E-state index is 0.100. The fourth-order valence-electron chi connectivity index (χ4n) is 1.72. The number of ketones is 1. The Morgan fingerprint density at radius 3 is 2.67 bits per heavy atom. The average Bonchev–Trinajstić information content (AvgIpc) is 2.73. The molecule has 0 saturated carbocycles. The van der Waals surface area contributed by atoms with Crippen molar-refractivity contribution in [1.82, 2.24) is 14.7 Å². The summed E-state index contributed by atoms with van der Waals surface area (Å²) in [6.07, 6.45) is 2.77. The van der Waals surface area contributed by atoms with Crippen LogP contribution >= 0.6 is 15.9 Å². The molecule has 0 spiro atoms. The molecule has 21 heavy (non-hydrogen) atoms. The van der Waals surface area contributed by atoms with Crippen LogP contribution in [-0.4, -0.2) is 67.6 Å². The summed E-state index contributed by atoms with van der Waals surface area (Å²) in [4.78, 5) is 14.4. The van der Waals surface area contributed by atoms with E-state index in [0.717, 1.165) is 12.8 Å². The molecule has 1 heterocycles. The number of carbonyl (C=O) groups is 1. The molecule has 0 aliphatic carbocycles. The van der Waals surface area contributed by atoms with Crippen LogP contribution in [0, 0.1) is 0 Å². The van der Waals surface area contributed by atoms with Gasteiger partial charge in [0.25, 0.3) is 0 Å². The molecule has 0 aliphatic rings. The van der Waals surface area contributed by atoms with Crippen molar-refractivity contribution in [3.8, 4) is 0 Å². The molecule has 0 aliphatic heterocycles. The first-order valence-corrected chi connectivity index (χ1v) is 9.30. The lowest BCUT2D eigenvalue weighted by Crippen LogP contribution is -2.34. The summed E-state index contributed by atoms with van der Waals surface area (Å²) in [5, 5.41) is 4.15. The van der Waals surface area contributed by atoms with Gasteiger partial charge >= 0.3 is 0 Å². The number of carbonyl (C=O) groups excluding carboxylic acids is 1. The van der Waals surface area contributed by atoms with Gasteiger partial charge in [-0.25, -0.2) is 8.42 Å². The van der Waals surface area contributed by atoms with Crippen LogP contribution < -0.4 is 5.73 Å². The minimum Gasteiger partial charge on any atom is -0.321 e. The molecule has 0 saturated heterocycles. The molecule has 1 atom stereocenters. The largest absolute Gasteiger partial charge is 0.321 e. The van der Waals surface area contributed by atoms with Gasteiger partial charge in [-0.05, 0) is 36.4 Å². The van der Waals surface area contributed by atoms with E-state index in [4.69, 9.17) is 5.73 Å². The number of nitrogens with zero attached hydrogens (tertiary/aromatic N) is 3. The zero-order chi connectivity index (χ0) is 16.2.